The van der Waals surface area contributed by atoms with Gasteiger partial charge in [-0.3, -0.25) is 37.3 Å². The molecule has 0 fully saturated rings. The van der Waals surface area contributed by atoms with Gasteiger partial charge < -0.3 is 33.8 Å². The van der Waals surface area contributed by atoms with Crippen molar-refractivity contribution in [2.45, 2.75) is 419 Å². The molecule has 0 aromatic heterocycles. The van der Waals surface area contributed by atoms with Crippen molar-refractivity contribution < 1.29 is 80.2 Å². The van der Waals surface area contributed by atoms with Crippen LogP contribution in [0.2, 0.25) is 0 Å². The van der Waals surface area contributed by atoms with E-state index < -0.39 is 97.5 Å². The molecule has 17 nitrogen and oxygen atoms in total. The number of phosphoric ester groups is 2. The van der Waals surface area contributed by atoms with Crippen molar-refractivity contribution in [1.29, 1.82) is 0 Å². The Hall–Kier alpha value is -1.94. The molecule has 0 spiro atoms. The number of aliphatic hydroxyl groups is 1. The quantitative estimate of drug-likeness (QED) is 0.0222. The molecule has 0 aliphatic carbocycles. The Bertz CT molecular complexity index is 1860. The number of rotatable bonds is 76. The lowest BCUT2D eigenvalue weighted by atomic mass is 9.99. The monoisotopic (exact) mass is 1410 g/mol. The smallest absolute Gasteiger partial charge is 0.462 e. The Balaban J connectivity index is 5.21. The summed E-state index contributed by atoms with van der Waals surface area (Å²) in [5.74, 6) is -0.531. The third-order valence-electron chi connectivity index (χ3n) is 18.3. The van der Waals surface area contributed by atoms with E-state index in [9.17, 15) is 43.2 Å². The maximum atomic E-state index is 13.1. The van der Waals surface area contributed by atoms with Crippen LogP contribution in [0.4, 0.5) is 0 Å². The molecule has 0 aliphatic rings. The zero-order chi connectivity index (χ0) is 70.7. The van der Waals surface area contributed by atoms with Gasteiger partial charge >= 0.3 is 39.5 Å². The number of carbonyl (C=O) groups excluding carboxylic acids is 4. The van der Waals surface area contributed by atoms with Crippen LogP contribution in [0.3, 0.4) is 0 Å². The number of hydrogen-bond donors (Lipinski definition) is 3. The maximum absolute atomic E-state index is 13.1. The summed E-state index contributed by atoms with van der Waals surface area (Å²) in [5.41, 5.74) is 0. The first kappa shape index (κ1) is 94.1. The zero-order valence-corrected chi connectivity index (χ0v) is 64.5. The Morgan fingerprint density at radius 1 is 0.302 bits per heavy atom. The first-order chi connectivity index (χ1) is 46.4. The predicted octanol–water partition coefficient (Wildman–Crippen LogP) is 22.7. The highest BCUT2D eigenvalue weighted by Crippen LogP contribution is 2.45. The molecule has 96 heavy (non-hydrogen) atoms. The molecule has 0 aliphatic heterocycles. The molecule has 0 saturated carbocycles. The van der Waals surface area contributed by atoms with E-state index in [2.05, 4.69) is 41.5 Å². The van der Waals surface area contributed by atoms with E-state index in [0.29, 0.717) is 25.7 Å². The van der Waals surface area contributed by atoms with E-state index in [-0.39, 0.29) is 25.7 Å². The van der Waals surface area contributed by atoms with Crippen LogP contribution in [0.1, 0.15) is 401 Å². The second-order valence-corrected chi connectivity index (χ2v) is 31.4. The minimum absolute atomic E-state index is 0.106. The van der Waals surface area contributed by atoms with Gasteiger partial charge in [-0.2, -0.15) is 0 Å². The van der Waals surface area contributed by atoms with Crippen molar-refractivity contribution in [3.05, 3.63) is 0 Å². The lowest BCUT2D eigenvalue weighted by molar-refractivity contribution is -0.161. The van der Waals surface area contributed by atoms with Gasteiger partial charge in [0.15, 0.2) is 12.2 Å². The lowest BCUT2D eigenvalue weighted by Gasteiger charge is -2.21. The fraction of sp³-hybridized carbons (Fsp3) is 0.948. The highest BCUT2D eigenvalue weighted by atomic mass is 31.2. The van der Waals surface area contributed by atoms with Crippen molar-refractivity contribution >= 4 is 39.5 Å². The van der Waals surface area contributed by atoms with E-state index >= 15 is 0 Å². The zero-order valence-electron chi connectivity index (χ0n) is 62.7. The van der Waals surface area contributed by atoms with Gasteiger partial charge in [-0.1, -0.05) is 350 Å². The first-order valence-corrected chi connectivity index (χ1v) is 43.0. The summed E-state index contributed by atoms with van der Waals surface area (Å²) in [6, 6.07) is 0. The Labute approximate surface area is 588 Å². The predicted molar refractivity (Wildman–Crippen MR) is 391 cm³/mol. The molecule has 0 amide bonds. The average Bonchev–Trinajstić information content (AvgIpc) is 1.64. The summed E-state index contributed by atoms with van der Waals surface area (Å²) < 4.78 is 68.5. The summed E-state index contributed by atoms with van der Waals surface area (Å²) in [6.45, 7) is 9.62. The first-order valence-electron chi connectivity index (χ1n) is 40.0. The maximum Gasteiger partial charge on any atom is 0.472 e. The molecule has 0 rings (SSSR count). The number of carbonyl (C=O) groups is 4. The van der Waals surface area contributed by atoms with Crippen molar-refractivity contribution in [1.82, 2.24) is 0 Å². The van der Waals surface area contributed by atoms with Gasteiger partial charge in [0.1, 0.15) is 19.3 Å². The summed E-state index contributed by atoms with van der Waals surface area (Å²) in [4.78, 5) is 72.8. The van der Waals surface area contributed by atoms with E-state index in [0.717, 1.165) is 108 Å². The number of aliphatic hydroxyl groups excluding tert-OH is 1. The van der Waals surface area contributed by atoms with Gasteiger partial charge in [0, 0.05) is 25.7 Å². The van der Waals surface area contributed by atoms with Crippen molar-refractivity contribution in [3.8, 4) is 0 Å². The van der Waals surface area contributed by atoms with Gasteiger partial charge in [-0.05, 0) is 37.5 Å². The molecule has 570 valence electrons. The molecule has 0 aromatic carbocycles. The average molecular weight is 1410 g/mol. The van der Waals surface area contributed by atoms with Gasteiger partial charge in [-0.15, -0.1) is 0 Å². The Kier molecular flexibility index (Phi) is 67.4. The fourth-order valence-corrected chi connectivity index (χ4v) is 13.4. The molecule has 3 N–H and O–H groups in total. The van der Waals surface area contributed by atoms with Crippen LogP contribution >= 0.6 is 15.6 Å². The Morgan fingerprint density at radius 3 is 0.792 bits per heavy atom. The molecular weight excluding hydrogens is 1260 g/mol. The van der Waals surface area contributed by atoms with E-state index in [1.54, 1.807) is 0 Å². The summed E-state index contributed by atoms with van der Waals surface area (Å²) in [5, 5.41) is 10.6. The summed E-state index contributed by atoms with van der Waals surface area (Å²) >= 11 is 0. The van der Waals surface area contributed by atoms with Crippen LogP contribution in [-0.2, 0) is 65.4 Å². The standard InChI is InChI=1S/C77H150O17P2/c1-7-10-12-14-16-18-19-20-21-22-23-24-25-26-31-37-43-49-55-61-76(81)94-73(66-88-75(80)60-54-48-42-36-30-28-27-29-34-39-45-51-57-69(4)5)68-92-96(85,86)90-64-71(78)63-89-95(83,84)91-67-72(65-87-74(79)59-53-47-41-17-15-13-11-8-2)93-77(82)62-56-50-44-38-33-32-35-40-46-52-58-70(6)9-3/h69-73,78H,7-68H2,1-6H3,(H,83,84)(H,85,86)/t70?,71-,72+,73+/m0/s1. The third-order valence-corrected chi connectivity index (χ3v) is 20.2. The van der Waals surface area contributed by atoms with E-state index in [4.69, 9.17) is 37.0 Å². The largest absolute Gasteiger partial charge is 0.472 e. The van der Waals surface area contributed by atoms with Crippen molar-refractivity contribution in [2.75, 3.05) is 39.6 Å². The number of phosphoric acid groups is 2. The Morgan fingerprint density at radius 2 is 0.531 bits per heavy atom. The van der Waals surface area contributed by atoms with Crippen LogP contribution in [0.5, 0.6) is 0 Å². The van der Waals surface area contributed by atoms with Gasteiger partial charge in [0.2, 0.25) is 0 Å². The lowest BCUT2D eigenvalue weighted by Crippen LogP contribution is -2.30. The SMILES string of the molecule is CCCCCCCCCCCCCCCCCCCCCC(=O)O[C@H](COC(=O)CCCCCCCCCCCCCCC(C)C)COP(=O)(O)OC[C@@H](O)COP(=O)(O)OC[C@@H](COC(=O)CCCCCCCCCC)OC(=O)CCCCCCCCCCCCC(C)CC. The summed E-state index contributed by atoms with van der Waals surface area (Å²) in [7, 11) is -9.91. The molecule has 0 aromatic rings. The summed E-state index contributed by atoms with van der Waals surface area (Å²) in [6.07, 6.45) is 56.9. The van der Waals surface area contributed by atoms with E-state index in [1.807, 2.05) is 0 Å². The molecule has 0 heterocycles. The van der Waals surface area contributed by atoms with Crippen molar-refractivity contribution in [2.24, 2.45) is 11.8 Å². The minimum Gasteiger partial charge on any atom is -0.462 e. The van der Waals surface area contributed by atoms with Gasteiger partial charge in [0.05, 0.1) is 26.4 Å². The molecule has 3 unspecified atom stereocenters. The second kappa shape index (κ2) is 68.8. The van der Waals surface area contributed by atoms with Crippen LogP contribution in [-0.4, -0.2) is 96.7 Å². The van der Waals surface area contributed by atoms with Crippen LogP contribution in [0.25, 0.3) is 0 Å². The topological polar surface area (TPSA) is 237 Å². The molecule has 0 bridgehead atoms. The van der Waals surface area contributed by atoms with Crippen LogP contribution in [0, 0.1) is 11.8 Å². The van der Waals surface area contributed by atoms with E-state index in [1.165, 1.54) is 212 Å². The molecule has 6 atom stereocenters. The van der Waals surface area contributed by atoms with Crippen LogP contribution in [0.15, 0.2) is 0 Å². The van der Waals surface area contributed by atoms with Crippen LogP contribution < -0.4 is 0 Å². The molecule has 19 heteroatoms. The number of ether oxygens (including phenoxy) is 4. The highest BCUT2D eigenvalue weighted by molar-refractivity contribution is 7.47. The van der Waals surface area contributed by atoms with Gasteiger partial charge in [-0.25, -0.2) is 9.13 Å². The second-order valence-electron chi connectivity index (χ2n) is 28.5. The normalized spacial score (nSPS) is 14.3. The van der Waals surface area contributed by atoms with Gasteiger partial charge in [0.25, 0.3) is 0 Å². The number of unbranched alkanes of at least 4 members (excludes halogenated alkanes) is 45. The number of esters is 4. The highest BCUT2D eigenvalue weighted by Gasteiger charge is 2.30. The molecular formula is C77H150O17P2. The molecule has 0 saturated heterocycles. The number of hydrogen-bond acceptors (Lipinski definition) is 15. The third kappa shape index (κ3) is 69.2. The molecule has 0 radical (unpaired) electrons. The fourth-order valence-electron chi connectivity index (χ4n) is 11.8. The van der Waals surface area contributed by atoms with Crippen molar-refractivity contribution in [3.63, 3.8) is 0 Å². The minimum atomic E-state index is -4.96.